The first-order valence-electron chi connectivity index (χ1n) is 5.39. The maximum absolute atomic E-state index is 6.10. The van der Waals surface area contributed by atoms with Crippen molar-refractivity contribution in [3.8, 4) is 5.75 Å². The third kappa shape index (κ3) is 4.39. The molecule has 0 aliphatic rings. The smallest absolute Gasteiger partial charge is 0.137 e. The van der Waals surface area contributed by atoms with Crippen molar-refractivity contribution in [1.29, 1.82) is 0 Å². The number of hydrogen-bond donors (Lipinski definition) is 1. The molecule has 0 aliphatic carbocycles. The third-order valence-electron chi connectivity index (χ3n) is 2.23. The van der Waals surface area contributed by atoms with Crippen molar-refractivity contribution in [1.82, 2.24) is 4.90 Å². The van der Waals surface area contributed by atoms with Gasteiger partial charge in [0.25, 0.3) is 0 Å². The van der Waals surface area contributed by atoms with Crippen LogP contribution in [-0.4, -0.2) is 38.7 Å². The van der Waals surface area contributed by atoms with Gasteiger partial charge < -0.3 is 15.4 Å². The first kappa shape index (κ1) is 13.3. The van der Waals surface area contributed by atoms with Crippen LogP contribution in [-0.2, 0) is 6.42 Å². The normalized spacial score (nSPS) is 10.8. The van der Waals surface area contributed by atoms with Crippen LogP contribution in [0.4, 0.5) is 0 Å². The third-order valence-corrected chi connectivity index (χ3v) is 2.52. The number of nitrogens with zero attached hydrogens (tertiary/aromatic N) is 1. The maximum atomic E-state index is 6.10. The largest absolute Gasteiger partial charge is 0.491 e. The molecule has 1 aromatic rings. The molecule has 16 heavy (non-hydrogen) atoms. The highest BCUT2D eigenvalue weighted by atomic mass is 35.5. The Kier molecular flexibility index (Phi) is 5.60. The van der Waals surface area contributed by atoms with Crippen molar-refractivity contribution >= 4 is 11.6 Å². The van der Waals surface area contributed by atoms with Crippen molar-refractivity contribution in [3.63, 3.8) is 0 Å². The number of rotatable bonds is 6. The van der Waals surface area contributed by atoms with Gasteiger partial charge in [-0.15, -0.1) is 0 Å². The Hall–Kier alpha value is -0.770. The lowest BCUT2D eigenvalue weighted by molar-refractivity contribution is 0.261. The zero-order valence-electron chi connectivity index (χ0n) is 9.87. The van der Waals surface area contributed by atoms with E-state index in [1.165, 1.54) is 0 Å². The second kappa shape index (κ2) is 6.74. The van der Waals surface area contributed by atoms with E-state index in [0.717, 1.165) is 24.3 Å². The predicted molar refractivity (Wildman–Crippen MR) is 68.3 cm³/mol. The summed E-state index contributed by atoms with van der Waals surface area (Å²) in [5.74, 6) is 0.740. The van der Waals surface area contributed by atoms with Gasteiger partial charge in [-0.2, -0.15) is 0 Å². The van der Waals surface area contributed by atoms with Gasteiger partial charge in [0.05, 0.1) is 5.02 Å². The summed E-state index contributed by atoms with van der Waals surface area (Å²) < 4.78 is 5.58. The molecule has 0 heterocycles. The van der Waals surface area contributed by atoms with Crippen LogP contribution in [0.25, 0.3) is 0 Å². The second-order valence-corrected chi connectivity index (χ2v) is 4.36. The molecule has 0 spiro atoms. The summed E-state index contributed by atoms with van der Waals surface area (Å²) >= 11 is 6.10. The molecule has 0 aliphatic heterocycles. The van der Waals surface area contributed by atoms with Gasteiger partial charge >= 0.3 is 0 Å². The van der Waals surface area contributed by atoms with E-state index >= 15 is 0 Å². The molecule has 90 valence electrons. The fourth-order valence-corrected chi connectivity index (χ4v) is 1.58. The predicted octanol–water partition coefficient (Wildman–Crippen LogP) is 1.78. The summed E-state index contributed by atoms with van der Waals surface area (Å²) in [6.45, 7) is 2.15. The van der Waals surface area contributed by atoms with Gasteiger partial charge in [0.15, 0.2) is 0 Å². The molecule has 0 saturated carbocycles. The Bertz CT molecular complexity index is 329. The molecule has 3 nitrogen and oxygen atoms in total. The van der Waals surface area contributed by atoms with E-state index < -0.39 is 0 Å². The van der Waals surface area contributed by atoms with E-state index in [1.54, 1.807) is 0 Å². The molecule has 0 unspecified atom stereocenters. The highest BCUT2D eigenvalue weighted by Crippen LogP contribution is 2.25. The van der Waals surface area contributed by atoms with Gasteiger partial charge in [0.2, 0.25) is 0 Å². The van der Waals surface area contributed by atoms with Crippen molar-refractivity contribution < 1.29 is 4.74 Å². The SMILES string of the molecule is CN(C)CCOc1ccc(CCN)cc1Cl. The number of ether oxygens (including phenoxy) is 1. The van der Waals surface area contributed by atoms with Gasteiger partial charge in [-0.25, -0.2) is 0 Å². The number of likely N-dealkylation sites (N-methyl/N-ethyl adjacent to an activating group) is 1. The summed E-state index contributed by atoms with van der Waals surface area (Å²) in [6.07, 6.45) is 0.845. The minimum atomic E-state index is 0.636. The topological polar surface area (TPSA) is 38.5 Å². The maximum Gasteiger partial charge on any atom is 0.137 e. The van der Waals surface area contributed by atoms with Crippen molar-refractivity contribution in [2.24, 2.45) is 5.73 Å². The highest BCUT2D eigenvalue weighted by molar-refractivity contribution is 6.32. The van der Waals surface area contributed by atoms with Gasteiger partial charge in [0.1, 0.15) is 12.4 Å². The average molecular weight is 243 g/mol. The molecule has 1 aromatic carbocycles. The van der Waals surface area contributed by atoms with E-state index in [0.29, 0.717) is 18.2 Å². The summed E-state index contributed by atoms with van der Waals surface area (Å²) in [6, 6.07) is 5.83. The second-order valence-electron chi connectivity index (χ2n) is 3.96. The summed E-state index contributed by atoms with van der Waals surface area (Å²) in [5, 5.41) is 0.657. The molecule has 4 heteroatoms. The molecule has 2 N–H and O–H groups in total. The van der Waals surface area contributed by atoms with Crippen LogP contribution >= 0.6 is 11.6 Å². The molecule has 0 aromatic heterocycles. The van der Waals surface area contributed by atoms with E-state index in [4.69, 9.17) is 22.1 Å². The van der Waals surface area contributed by atoms with E-state index in [2.05, 4.69) is 4.90 Å². The zero-order valence-corrected chi connectivity index (χ0v) is 10.6. The van der Waals surface area contributed by atoms with E-state index in [1.807, 2.05) is 32.3 Å². The van der Waals surface area contributed by atoms with Crippen LogP contribution < -0.4 is 10.5 Å². The Labute approximate surface area is 102 Å². The van der Waals surface area contributed by atoms with Gasteiger partial charge in [-0.05, 0) is 44.8 Å². The average Bonchev–Trinajstić information content (AvgIpc) is 2.21. The van der Waals surface area contributed by atoms with E-state index in [9.17, 15) is 0 Å². The van der Waals surface area contributed by atoms with Gasteiger partial charge in [-0.3, -0.25) is 0 Å². The number of hydrogen-bond acceptors (Lipinski definition) is 3. The molecular formula is C12H19ClN2O. The summed E-state index contributed by atoms with van der Waals surface area (Å²) in [7, 11) is 4.02. The lowest BCUT2D eigenvalue weighted by atomic mass is 10.1. The zero-order chi connectivity index (χ0) is 12.0. The highest BCUT2D eigenvalue weighted by Gasteiger charge is 2.03. The van der Waals surface area contributed by atoms with Crippen LogP contribution in [0.2, 0.25) is 5.02 Å². The van der Waals surface area contributed by atoms with Crippen LogP contribution in [0.3, 0.4) is 0 Å². The molecular weight excluding hydrogens is 224 g/mol. The molecule has 0 amide bonds. The van der Waals surface area contributed by atoms with Gasteiger partial charge in [0, 0.05) is 6.54 Å². The van der Waals surface area contributed by atoms with Crippen LogP contribution in [0, 0.1) is 0 Å². The standard InChI is InChI=1S/C12H19ClN2O/c1-15(2)7-8-16-12-4-3-10(5-6-14)9-11(12)13/h3-4,9H,5-8,14H2,1-2H3. The summed E-state index contributed by atoms with van der Waals surface area (Å²) in [5.41, 5.74) is 6.63. The Morgan fingerprint density at radius 3 is 2.69 bits per heavy atom. The Morgan fingerprint density at radius 2 is 2.12 bits per heavy atom. The first-order chi connectivity index (χ1) is 7.63. The molecule has 0 radical (unpaired) electrons. The van der Waals surface area contributed by atoms with Gasteiger partial charge in [-0.1, -0.05) is 17.7 Å². The number of halogens is 1. The Morgan fingerprint density at radius 1 is 1.38 bits per heavy atom. The van der Waals surface area contributed by atoms with Crippen molar-refractivity contribution in [2.45, 2.75) is 6.42 Å². The molecule has 1 rings (SSSR count). The fourth-order valence-electron chi connectivity index (χ4n) is 1.32. The fraction of sp³-hybridized carbons (Fsp3) is 0.500. The molecule has 0 fully saturated rings. The lowest BCUT2D eigenvalue weighted by Gasteiger charge is -2.12. The lowest BCUT2D eigenvalue weighted by Crippen LogP contribution is -2.19. The minimum Gasteiger partial charge on any atom is -0.491 e. The van der Waals surface area contributed by atoms with Crippen molar-refractivity contribution in [2.75, 3.05) is 33.8 Å². The molecule has 0 atom stereocenters. The Balaban J connectivity index is 2.54. The molecule has 0 saturated heterocycles. The number of benzene rings is 1. The van der Waals surface area contributed by atoms with Crippen LogP contribution in [0.15, 0.2) is 18.2 Å². The van der Waals surface area contributed by atoms with Crippen LogP contribution in [0.1, 0.15) is 5.56 Å². The minimum absolute atomic E-state index is 0.636. The monoisotopic (exact) mass is 242 g/mol. The van der Waals surface area contributed by atoms with Crippen LogP contribution in [0.5, 0.6) is 5.75 Å². The van der Waals surface area contributed by atoms with Crippen molar-refractivity contribution in [3.05, 3.63) is 28.8 Å². The molecule has 0 bridgehead atoms. The summed E-state index contributed by atoms with van der Waals surface area (Å²) in [4.78, 5) is 2.07. The number of nitrogens with two attached hydrogens (primary N) is 1. The first-order valence-corrected chi connectivity index (χ1v) is 5.77. The quantitative estimate of drug-likeness (QED) is 0.827. The van der Waals surface area contributed by atoms with E-state index in [-0.39, 0.29) is 0 Å².